The number of fused-ring (bicyclic) bond motifs is 1. The minimum absolute atomic E-state index is 0.155. The molecule has 0 radical (unpaired) electrons. The molecule has 0 N–H and O–H groups in total. The number of hydrogen-bond acceptors (Lipinski definition) is 6. The Labute approximate surface area is 173 Å². The van der Waals surface area contributed by atoms with E-state index in [-0.39, 0.29) is 5.56 Å². The van der Waals surface area contributed by atoms with Gasteiger partial charge in [-0.2, -0.15) is 0 Å². The molecule has 2 aromatic carbocycles. The zero-order chi connectivity index (χ0) is 20.3. The Balaban J connectivity index is 1.42. The molecule has 1 saturated heterocycles. The van der Waals surface area contributed by atoms with Gasteiger partial charge >= 0.3 is 0 Å². The van der Waals surface area contributed by atoms with Crippen LogP contribution in [0.1, 0.15) is 0 Å². The van der Waals surface area contributed by atoms with Gasteiger partial charge in [0.1, 0.15) is 11.5 Å². The first-order valence-corrected chi connectivity index (χ1v) is 9.82. The first kappa shape index (κ1) is 18.3. The molecular weight excluding hydrogens is 380 g/mol. The molecule has 0 unspecified atom stereocenters. The highest BCUT2D eigenvalue weighted by atomic mass is 16.5. The van der Waals surface area contributed by atoms with Crippen LogP contribution in [0.15, 0.2) is 77.9 Å². The predicted molar refractivity (Wildman–Crippen MR) is 115 cm³/mol. The maximum absolute atomic E-state index is 13.0. The molecule has 0 amide bonds. The van der Waals surface area contributed by atoms with Gasteiger partial charge in [-0.1, -0.05) is 18.2 Å². The summed E-state index contributed by atoms with van der Waals surface area (Å²) in [7, 11) is 0. The van der Waals surface area contributed by atoms with Gasteiger partial charge in [-0.15, -0.1) is 0 Å². The number of nitrogens with zero attached hydrogens (tertiary/aromatic N) is 4. The summed E-state index contributed by atoms with van der Waals surface area (Å²) in [5, 5.41) is 0.485. The van der Waals surface area contributed by atoms with E-state index in [1.165, 1.54) is 0 Å². The van der Waals surface area contributed by atoms with E-state index in [0.717, 1.165) is 24.5 Å². The summed E-state index contributed by atoms with van der Waals surface area (Å²) >= 11 is 0. The molecule has 1 aliphatic rings. The molecule has 0 spiro atoms. The van der Waals surface area contributed by atoms with E-state index in [1.54, 1.807) is 17.0 Å². The van der Waals surface area contributed by atoms with Crippen LogP contribution in [0.3, 0.4) is 0 Å². The summed E-state index contributed by atoms with van der Waals surface area (Å²) in [5.41, 5.74) is 1.23. The molecule has 2 aromatic heterocycles. The SMILES string of the molecule is O=c1c2cnc(N3CCOCC3)nc2ccn1-c1ccc(Oc2ccccc2)cc1. The molecule has 0 atom stereocenters. The predicted octanol–water partition coefficient (Wildman–Crippen LogP) is 3.41. The van der Waals surface area contributed by atoms with Crippen molar-refractivity contribution in [1.29, 1.82) is 0 Å². The third-order valence-electron chi connectivity index (χ3n) is 5.02. The fraction of sp³-hybridized carbons (Fsp3) is 0.174. The van der Waals surface area contributed by atoms with E-state index in [4.69, 9.17) is 9.47 Å². The number of benzene rings is 2. The van der Waals surface area contributed by atoms with Gasteiger partial charge < -0.3 is 14.4 Å². The third-order valence-corrected chi connectivity index (χ3v) is 5.02. The Bertz CT molecular complexity index is 1220. The molecule has 30 heavy (non-hydrogen) atoms. The van der Waals surface area contributed by atoms with Crippen molar-refractivity contribution in [3.8, 4) is 17.2 Å². The second kappa shape index (κ2) is 7.96. The van der Waals surface area contributed by atoms with Gasteiger partial charge in [0, 0.05) is 31.2 Å². The van der Waals surface area contributed by atoms with Crippen LogP contribution in [-0.4, -0.2) is 40.8 Å². The lowest BCUT2D eigenvalue weighted by atomic mass is 10.2. The van der Waals surface area contributed by atoms with E-state index < -0.39 is 0 Å². The topological polar surface area (TPSA) is 69.5 Å². The Kier molecular flexibility index (Phi) is 4.86. The molecule has 5 rings (SSSR count). The first-order chi connectivity index (χ1) is 14.8. The number of rotatable bonds is 4. The van der Waals surface area contributed by atoms with Crippen molar-refractivity contribution in [2.24, 2.45) is 0 Å². The molecule has 1 fully saturated rings. The Morgan fingerprint density at radius 3 is 2.40 bits per heavy atom. The molecule has 150 valence electrons. The van der Waals surface area contributed by atoms with Crippen LogP contribution >= 0.6 is 0 Å². The summed E-state index contributed by atoms with van der Waals surface area (Å²) in [4.78, 5) is 24.1. The smallest absolute Gasteiger partial charge is 0.266 e. The Hall–Kier alpha value is -3.71. The summed E-state index contributed by atoms with van der Waals surface area (Å²) in [6, 6.07) is 18.8. The Morgan fingerprint density at radius 2 is 1.63 bits per heavy atom. The molecule has 7 heteroatoms. The van der Waals surface area contributed by atoms with Crippen LogP contribution in [0, 0.1) is 0 Å². The average molecular weight is 400 g/mol. The van der Waals surface area contributed by atoms with E-state index in [9.17, 15) is 4.79 Å². The van der Waals surface area contributed by atoms with Crippen molar-refractivity contribution < 1.29 is 9.47 Å². The number of hydrogen-bond donors (Lipinski definition) is 0. The van der Waals surface area contributed by atoms with Crippen LogP contribution in [0.4, 0.5) is 5.95 Å². The van der Waals surface area contributed by atoms with Crippen LogP contribution in [0.5, 0.6) is 11.5 Å². The summed E-state index contributed by atoms with van der Waals surface area (Å²) in [5.74, 6) is 2.10. The first-order valence-electron chi connectivity index (χ1n) is 9.82. The van der Waals surface area contributed by atoms with Gasteiger partial charge in [0.25, 0.3) is 5.56 Å². The van der Waals surface area contributed by atoms with E-state index in [0.29, 0.717) is 35.8 Å². The number of anilines is 1. The van der Waals surface area contributed by atoms with Gasteiger partial charge in [0.05, 0.1) is 24.1 Å². The number of morpholine rings is 1. The molecule has 0 bridgehead atoms. The van der Waals surface area contributed by atoms with Crippen molar-refractivity contribution in [1.82, 2.24) is 14.5 Å². The molecule has 1 aliphatic heterocycles. The van der Waals surface area contributed by atoms with Crippen LogP contribution < -0.4 is 15.2 Å². The lowest BCUT2D eigenvalue weighted by Crippen LogP contribution is -2.37. The van der Waals surface area contributed by atoms with E-state index in [1.807, 2.05) is 60.7 Å². The van der Waals surface area contributed by atoms with Gasteiger partial charge in [0.2, 0.25) is 5.95 Å². The Morgan fingerprint density at radius 1 is 0.900 bits per heavy atom. The number of ether oxygens (including phenoxy) is 2. The van der Waals surface area contributed by atoms with Crippen molar-refractivity contribution in [2.75, 3.05) is 31.2 Å². The van der Waals surface area contributed by atoms with Crippen molar-refractivity contribution in [2.45, 2.75) is 0 Å². The molecule has 0 aliphatic carbocycles. The lowest BCUT2D eigenvalue weighted by Gasteiger charge is -2.26. The second-order valence-corrected chi connectivity index (χ2v) is 6.97. The monoisotopic (exact) mass is 400 g/mol. The minimum Gasteiger partial charge on any atom is -0.457 e. The molecule has 7 nitrogen and oxygen atoms in total. The molecular formula is C23H20N4O3. The third kappa shape index (κ3) is 3.62. The second-order valence-electron chi connectivity index (χ2n) is 6.97. The summed E-state index contributed by atoms with van der Waals surface area (Å²) < 4.78 is 12.8. The fourth-order valence-corrected chi connectivity index (χ4v) is 3.44. The maximum atomic E-state index is 13.0. The zero-order valence-electron chi connectivity index (χ0n) is 16.3. The van der Waals surface area contributed by atoms with Crippen molar-refractivity contribution in [3.05, 3.63) is 83.4 Å². The van der Waals surface area contributed by atoms with Crippen LogP contribution in [0.2, 0.25) is 0 Å². The number of pyridine rings is 1. The largest absolute Gasteiger partial charge is 0.457 e. The summed E-state index contributed by atoms with van der Waals surface area (Å²) in [6.07, 6.45) is 3.35. The highest BCUT2D eigenvalue weighted by Crippen LogP contribution is 2.22. The molecule has 4 aromatic rings. The van der Waals surface area contributed by atoms with Crippen LogP contribution in [0.25, 0.3) is 16.6 Å². The normalized spacial score (nSPS) is 14.1. The summed E-state index contributed by atoms with van der Waals surface area (Å²) in [6.45, 7) is 2.82. The molecule has 3 heterocycles. The van der Waals surface area contributed by atoms with E-state index >= 15 is 0 Å². The van der Waals surface area contributed by atoms with E-state index in [2.05, 4.69) is 14.9 Å². The lowest BCUT2D eigenvalue weighted by molar-refractivity contribution is 0.122. The van der Waals surface area contributed by atoms with Gasteiger partial charge in [-0.3, -0.25) is 9.36 Å². The van der Waals surface area contributed by atoms with Crippen molar-refractivity contribution >= 4 is 16.9 Å². The van der Waals surface area contributed by atoms with Crippen molar-refractivity contribution in [3.63, 3.8) is 0 Å². The average Bonchev–Trinajstić information content (AvgIpc) is 2.81. The van der Waals surface area contributed by atoms with Gasteiger partial charge in [-0.05, 0) is 42.5 Å². The highest BCUT2D eigenvalue weighted by Gasteiger charge is 2.15. The molecule has 0 saturated carbocycles. The number of para-hydroxylation sites is 1. The maximum Gasteiger partial charge on any atom is 0.266 e. The standard InChI is InChI=1S/C23H20N4O3/c28-22-20-16-24-23(26-12-14-29-15-13-26)25-21(20)10-11-27(22)17-6-8-19(9-7-17)30-18-4-2-1-3-5-18/h1-11,16H,12-15H2. The van der Waals surface area contributed by atoms with Crippen LogP contribution in [-0.2, 0) is 4.74 Å². The quantitative estimate of drug-likeness (QED) is 0.523. The minimum atomic E-state index is -0.155. The number of aromatic nitrogens is 3. The van der Waals surface area contributed by atoms with Gasteiger partial charge in [-0.25, -0.2) is 9.97 Å². The zero-order valence-corrected chi connectivity index (χ0v) is 16.3. The highest BCUT2D eigenvalue weighted by molar-refractivity contribution is 5.78. The van der Waals surface area contributed by atoms with Gasteiger partial charge in [0.15, 0.2) is 0 Å². The fourth-order valence-electron chi connectivity index (χ4n) is 3.44.